The summed E-state index contributed by atoms with van der Waals surface area (Å²) >= 11 is 5.82. The molecule has 2 rings (SSSR count). The molecule has 0 aliphatic carbocycles. The van der Waals surface area contributed by atoms with Crippen LogP contribution >= 0.6 is 11.6 Å². The first-order chi connectivity index (χ1) is 8.99. The van der Waals surface area contributed by atoms with Gasteiger partial charge < -0.3 is 9.84 Å². The van der Waals surface area contributed by atoms with Crippen LogP contribution in [0.1, 0.15) is 15.9 Å². The molecule has 0 aliphatic rings. The number of nitrogens with zero attached hydrogens (tertiary/aromatic N) is 1. The van der Waals surface area contributed by atoms with E-state index in [2.05, 4.69) is 4.98 Å². The second-order valence-electron chi connectivity index (χ2n) is 3.79. The zero-order valence-corrected chi connectivity index (χ0v) is 10.6. The molecule has 0 saturated carbocycles. The van der Waals surface area contributed by atoms with E-state index >= 15 is 0 Å². The lowest BCUT2D eigenvalue weighted by atomic mass is 10.2. The van der Waals surface area contributed by atoms with Crippen LogP contribution in [0, 0.1) is 12.7 Å². The summed E-state index contributed by atoms with van der Waals surface area (Å²) in [6.07, 6.45) is 1.17. The smallest absolute Gasteiger partial charge is 0.338 e. The Bertz CT molecular complexity index is 646. The molecule has 0 fully saturated rings. The van der Waals surface area contributed by atoms with Crippen molar-refractivity contribution in [1.29, 1.82) is 0 Å². The van der Waals surface area contributed by atoms with Gasteiger partial charge in [-0.25, -0.2) is 14.2 Å². The number of aromatic nitrogens is 1. The Labute approximate surface area is 113 Å². The van der Waals surface area contributed by atoms with Crippen molar-refractivity contribution in [3.63, 3.8) is 0 Å². The number of benzene rings is 1. The largest absolute Gasteiger partial charge is 0.478 e. The average Bonchev–Trinajstić information content (AvgIpc) is 2.36. The number of carbonyl (C=O) groups is 1. The van der Waals surface area contributed by atoms with E-state index in [0.717, 1.165) is 11.6 Å². The number of rotatable bonds is 3. The Morgan fingerprint density at radius 2 is 2.16 bits per heavy atom. The highest BCUT2D eigenvalue weighted by Gasteiger charge is 2.17. The van der Waals surface area contributed by atoms with E-state index in [9.17, 15) is 9.18 Å². The second-order valence-corrected chi connectivity index (χ2v) is 4.23. The molecule has 0 unspecified atom stereocenters. The fourth-order valence-corrected chi connectivity index (χ4v) is 1.61. The van der Waals surface area contributed by atoms with E-state index in [1.807, 2.05) is 0 Å². The summed E-state index contributed by atoms with van der Waals surface area (Å²) in [5.41, 5.74) is 0.232. The maximum absolute atomic E-state index is 13.8. The molecule has 2 aromatic rings. The third-order valence-corrected chi connectivity index (χ3v) is 2.68. The first-order valence-corrected chi connectivity index (χ1v) is 5.68. The number of pyridine rings is 1. The fraction of sp³-hybridized carbons (Fsp3) is 0.0769. The Kier molecular flexibility index (Phi) is 3.66. The Hall–Kier alpha value is -2.14. The molecule has 0 aliphatic heterocycles. The molecule has 0 amide bonds. The number of hydrogen-bond donors (Lipinski definition) is 1. The van der Waals surface area contributed by atoms with Gasteiger partial charge >= 0.3 is 5.97 Å². The molecule has 0 bridgehead atoms. The van der Waals surface area contributed by atoms with Crippen molar-refractivity contribution in [2.75, 3.05) is 0 Å². The molecular weight excluding hydrogens is 273 g/mol. The zero-order chi connectivity index (χ0) is 14.0. The first-order valence-electron chi connectivity index (χ1n) is 5.31. The molecule has 19 heavy (non-hydrogen) atoms. The van der Waals surface area contributed by atoms with Gasteiger partial charge in [0.2, 0.25) is 0 Å². The Morgan fingerprint density at radius 1 is 1.42 bits per heavy atom. The molecule has 6 heteroatoms. The summed E-state index contributed by atoms with van der Waals surface area (Å²) < 4.78 is 19.1. The van der Waals surface area contributed by atoms with Crippen LogP contribution < -0.4 is 4.74 Å². The van der Waals surface area contributed by atoms with Gasteiger partial charge in [0.15, 0.2) is 5.82 Å². The number of aromatic carboxylic acids is 1. The van der Waals surface area contributed by atoms with Gasteiger partial charge in [0.05, 0.1) is 0 Å². The van der Waals surface area contributed by atoms with Crippen LogP contribution in [0.4, 0.5) is 4.39 Å². The van der Waals surface area contributed by atoms with Gasteiger partial charge in [-0.2, -0.15) is 0 Å². The van der Waals surface area contributed by atoms with Crippen LogP contribution in [0.5, 0.6) is 11.6 Å². The predicted molar refractivity (Wildman–Crippen MR) is 67.4 cm³/mol. The van der Waals surface area contributed by atoms with E-state index in [1.54, 1.807) is 19.1 Å². The lowest BCUT2D eigenvalue weighted by molar-refractivity contribution is 0.0690. The van der Waals surface area contributed by atoms with Crippen molar-refractivity contribution in [1.82, 2.24) is 4.98 Å². The molecule has 0 atom stereocenters. The summed E-state index contributed by atoms with van der Waals surface area (Å²) in [7, 11) is 0. The molecule has 0 spiro atoms. The summed E-state index contributed by atoms with van der Waals surface area (Å²) in [6, 6.07) is 5.94. The Balaban J connectivity index is 2.41. The van der Waals surface area contributed by atoms with Crippen LogP contribution in [0.15, 0.2) is 30.5 Å². The molecule has 4 nitrogen and oxygen atoms in total. The van der Waals surface area contributed by atoms with E-state index in [1.165, 1.54) is 12.3 Å². The highest BCUT2D eigenvalue weighted by Crippen LogP contribution is 2.29. The standard InChI is InChI=1S/C13H9ClFNO3/c1-7-2-3-8(14)6-10(7)19-12-11(15)9(13(17)18)4-5-16-12/h2-6H,1H3,(H,17,18). The van der Waals surface area contributed by atoms with E-state index in [0.29, 0.717) is 10.8 Å². The summed E-state index contributed by atoms with van der Waals surface area (Å²) in [6.45, 7) is 1.75. The SMILES string of the molecule is Cc1ccc(Cl)cc1Oc1nccc(C(=O)O)c1F. The van der Waals surface area contributed by atoms with Crippen LogP contribution in [-0.4, -0.2) is 16.1 Å². The molecular formula is C13H9ClFNO3. The van der Waals surface area contributed by atoms with Crippen LogP contribution in [0.25, 0.3) is 0 Å². The summed E-state index contributed by atoms with van der Waals surface area (Å²) in [5.74, 6) is -2.48. The molecule has 1 aromatic heterocycles. The molecule has 0 radical (unpaired) electrons. The number of halogens is 2. The third-order valence-electron chi connectivity index (χ3n) is 2.44. The second kappa shape index (κ2) is 5.24. The van der Waals surface area contributed by atoms with Gasteiger partial charge in [-0.3, -0.25) is 0 Å². The van der Waals surface area contributed by atoms with E-state index in [4.69, 9.17) is 21.4 Å². The summed E-state index contributed by atoms with van der Waals surface area (Å²) in [4.78, 5) is 14.5. The zero-order valence-electron chi connectivity index (χ0n) is 9.85. The van der Waals surface area contributed by atoms with Gasteiger partial charge in [0.25, 0.3) is 5.88 Å². The third kappa shape index (κ3) is 2.82. The van der Waals surface area contributed by atoms with E-state index < -0.39 is 23.2 Å². The van der Waals surface area contributed by atoms with Gasteiger partial charge in [-0.1, -0.05) is 17.7 Å². The Morgan fingerprint density at radius 3 is 2.84 bits per heavy atom. The van der Waals surface area contributed by atoms with Crippen molar-refractivity contribution in [3.8, 4) is 11.6 Å². The van der Waals surface area contributed by atoms with Gasteiger partial charge in [-0.05, 0) is 30.7 Å². The minimum absolute atomic E-state index is 0.321. The van der Waals surface area contributed by atoms with Gasteiger partial charge in [0.1, 0.15) is 11.3 Å². The first kappa shape index (κ1) is 13.3. The normalized spacial score (nSPS) is 10.3. The number of ether oxygens (including phenoxy) is 1. The average molecular weight is 282 g/mol. The van der Waals surface area contributed by atoms with Gasteiger partial charge in [-0.15, -0.1) is 0 Å². The summed E-state index contributed by atoms with van der Waals surface area (Å²) in [5, 5.41) is 9.24. The van der Waals surface area contributed by atoms with Crippen molar-refractivity contribution >= 4 is 17.6 Å². The van der Waals surface area contributed by atoms with Gasteiger partial charge in [0, 0.05) is 11.2 Å². The van der Waals surface area contributed by atoms with E-state index in [-0.39, 0.29) is 0 Å². The predicted octanol–water partition coefficient (Wildman–Crippen LogP) is 3.67. The lowest BCUT2D eigenvalue weighted by Gasteiger charge is -2.09. The van der Waals surface area contributed by atoms with Crippen LogP contribution in [0.2, 0.25) is 5.02 Å². The molecule has 0 saturated heterocycles. The van der Waals surface area contributed by atoms with Crippen molar-refractivity contribution in [3.05, 3.63) is 52.4 Å². The lowest BCUT2D eigenvalue weighted by Crippen LogP contribution is -2.03. The number of aryl methyl sites for hydroxylation is 1. The topological polar surface area (TPSA) is 59.4 Å². The molecule has 1 heterocycles. The monoisotopic (exact) mass is 281 g/mol. The van der Waals surface area contributed by atoms with Crippen molar-refractivity contribution < 1.29 is 19.0 Å². The number of carboxylic acid groups (broad SMARTS) is 1. The highest BCUT2D eigenvalue weighted by atomic mass is 35.5. The molecule has 1 N–H and O–H groups in total. The molecule has 98 valence electrons. The minimum Gasteiger partial charge on any atom is -0.478 e. The van der Waals surface area contributed by atoms with Crippen molar-refractivity contribution in [2.45, 2.75) is 6.92 Å². The fourth-order valence-electron chi connectivity index (χ4n) is 1.45. The number of hydrogen-bond acceptors (Lipinski definition) is 3. The minimum atomic E-state index is -1.38. The maximum atomic E-state index is 13.8. The number of carboxylic acids is 1. The highest BCUT2D eigenvalue weighted by molar-refractivity contribution is 6.30. The quantitative estimate of drug-likeness (QED) is 0.932. The van der Waals surface area contributed by atoms with Crippen LogP contribution in [0.3, 0.4) is 0 Å². The maximum Gasteiger partial charge on any atom is 0.338 e. The van der Waals surface area contributed by atoms with Crippen LogP contribution in [-0.2, 0) is 0 Å². The molecule has 1 aromatic carbocycles. The van der Waals surface area contributed by atoms with Crippen molar-refractivity contribution in [2.24, 2.45) is 0 Å².